The van der Waals surface area contributed by atoms with Crippen LogP contribution in [0.25, 0.3) is 0 Å². The van der Waals surface area contributed by atoms with E-state index in [4.69, 9.17) is 4.74 Å². The molecule has 0 spiro atoms. The second-order valence-electron chi connectivity index (χ2n) is 11.2. The molecule has 0 bridgehead atoms. The van der Waals surface area contributed by atoms with Crippen molar-refractivity contribution in [3.8, 4) is 0 Å². The zero-order chi connectivity index (χ0) is 23.2. The molecule has 0 amide bonds. The van der Waals surface area contributed by atoms with Crippen LogP contribution in [0.5, 0.6) is 0 Å². The van der Waals surface area contributed by atoms with Crippen LogP contribution in [-0.2, 0) is 4.74 Å². The molecule has 0 aliphatic heterocycles. The smallest absolute Gasteiger partial charge is 0.0649 e. The van der Waals surface area contributed by atoms with Gasteiger partial charge >= 0.3 is 0 Å². The first-order valence-electron chi connectivity index (χ1n) is 14.6. The van der Waals surface area contributed by atoms with E-state index in [-0.39, 0.29) is 5.60 Å². The van der Waals surface area contributed by atoms with Crippen LogP contribution in [-0.4, -0.2) is 12.2 Å². The molecule has 0 saturated heterocycles. The van der Waals surface area contributed by atoms with Crippen LogP contribution in [0.1, 0.15) is 170 Å². The molecule has 0 aromatic rings. The summed E-state index contributed by atoms with van der Waals surface area (Å²) in [6, 6.07) is 0. The van der Waals surface area contributed by atoms with Crippen molar-refractivity contribution in [2.75, 3.05) is 6.61 Å². The molecule has 0 aliphatic carbocycles. The van der Waals surface area contributed by atoms with Crippen LogP contribution < -0.4 is 0 Å². The van der Waals surface area contributed by atoms with Gasteiger partial charge in [0.25, 0.3) is 0 Å². The van der Waals surface area contributed by atoms with Gasteiger partial charge in [-0.25, -0.2) is 0 Å². The Hall–Kier alpha value is -0.0400. The summed E-state index contributed by atoms with van der Waals surface area (Å²) in [5, 5.41) is 0. The highest BCUT2D eigenvalue weighted by atomic mass is 16.5. The van der Waals surface area contributed by atoms with Crippen molar-refractivity contribution in [2.24, 2.45) is 11.8 Å². The minimum Gasteiger partial charge on any atom is -0.375 e. The number of rotatable bonds is 24. The molecule has 1 atom stereocenters. The number of unbranched alkanes of at least 4 members (excludes halogenated alkanes) is 16. The summed E-state index contributed by atoms with van der Waals surface area (Å²) in [7, 11) is 0. The molecule has 0 saturated carbocycles. The fraction of sp³-hybridized carbons (Fsp3) is 1.00. The van der Waals surface area contributed by atoms with E-state index in [0.29, 0.717) is 5.92 Å². The largest absolute Gasteiger partial charge is 0.375 e. The molecule has 0 radical (unpaired) electrons. The van der Waals surface area contributed by atoms with Gasteiger partial charge in [-0.05, 0) is 38.5 Å². The number of hydrogen-bond donors (Lipinski definition) is 0. The van der Waals surface area contributed by atoms with E-state index in [1.165, 1.54) is 128 Å². The Kier molecular flexibility index (Phi) is 21.8. The molecule has 0 fully saturated rings. The molecule has 1 nitrogen and oxygen atoms in total. The van der Waals surface area contributed by atoms with Crippen molar-refractivity contribution in [1.82, 2.24) is 0 Å². The van der Waals surface area contributed by atoms with E-state index in [9.17, 15) is 0 Å². The predicted octanol–water partition coefficient (Wildman–Crippen LogP) is 10.9. The third-order valence-corrected chi connectivity index (χ3v) is 7.51. The first kappa shape index (κ1) is 31.0. The molecule has 1 unspecified atom stereocenters. The number of ether oxygens (including phenoxy) is 1. The molecule has 188 valence electrons. The van der Waals surface area contributed by atoms with E-state index in [0.717, 1.165) is 12.5 Å². The van der Waals surface area contributed by atoms with Crippen LogP contribution in [0.15, 0.2) is 0 Å². The minimum atomic E-state index is 0.00923. The molecule has 0 aliphatic rings. The fourth-order valence-electron chi connectivity index (χ4n) is 4.30. The Balaban J connectivity index is 3.99. The van der Waals surface area contributed by atoms with Crippen molar-refractivity contribution in [3.63, 3.8) is 0 Å². The second kappa shape index (κ2) is 21.8. The summed E-state index contributed by atoms with van der Waals surface area (Å²) in [6.07, 6.45) is 28.5. The molecule has 0 N–H and O–H groups in total. The predicted molar refractivity (Wildman–Crippen MR) is 142 cm³/mol. The van der Waals surface area contributed by atoms with Crippen LogP contribution in [0.4, 0.5) is 0 Å². The van der Waals surface area contributed by atoms with Gasteiger partial charge < -0.3 is 4.74 Å². The van der Waals surface area contributed by atoms with Crippen LogP contribution in [0, 0.1) is 11.8 Å². The third-order valence-electron chi connectivity index (χ3n) is 7.51. The third kappa shape index (κ3) is 20.3. The zero-order valence-electron chi connectivity index (χ0n) is 22.9. The van der Waals surface area contributed by atoms with Gasteiger partial charge in [-0.1, -0.05) is 143 Å². The minimum absolute atomic E-state index is 0.00923. The molecule has 0 rings (SSSR count). The van der Waals surface area contributed by atoms with Crippen molar-refractivity contribution in [2.45, 2.75) is 176 Å². The first-order chi connectivity index (χ1) is 14.9. The summed E-state index contributed by atoms with van der Waals surface area (Å²) in [5.41, 5.74) is 0.00923. The highest BCUT2D eigenvalue weighted by Crippen LogP contribution is 2.25. The molecule has 1 heteroatoms. The summed E-state index contributed by atoms with van der Waals surface area (Å²) in [5.74, 6) is 1.35. The van der Waals surface area contributed by atoms with Crippen LogP contribution in [0.2, 0.25) is 0 Å². The van der Waals surface area contributed by atoms with Crippen molar-refractivity contribution in [3.05, 3.63) is 0 Å². The Morgan fingerprint density at radius 3 is 1.16 bits per heavy atom. The van der Waals surface area contributed by atoms with E-state index in [2.05, 4.69) is 41.5 Å². The fourth-order valence-corrected chi connectivity index (χ4v) is 4.30. The lowest BCUT2D eigenvalue weighted by atomic mass is 9.92. The Morgan fingerprint density at radius 2 is 0.839 bits per heavy atom. The van der Waals surface area contributed by atoms with E-state index >= 15 is 0 Å². The van der Waals surface area contributed by atoms with Crippen LogP contribution >= 0.6 is 0 Å². The maximum Gasteiger partial charge on any atom is 0.0649 e. The maximum atomic E-state index is 6.42. The van der Waals surface area contributed by atoms with Crippen molar-refractivity contribution >= 4 is 0 Å². The van der Waals surface area contributed by atoms with E-state index in [1.807, 2.05) is 0 Å². The van der Waals surface area contributed by atoms with Crippen molar-refractivity contribution < 1.29 is 4.74 Å². The normalized spacial score (nSPS) is 13.3. The van der Waals surface area contributed by atoms with Crippen molar-refractivity contribution in [1.29, 1.82) is 0 Å². The summed E-state index contributed by atoms with van der Waals surface area (Å²) >= 11 is 0. The standard InChI is InChI=1S/C30H62O/c1-7-9-11-13-15-17-18-20-22-24-26-29(27-31-30(5,6)28(3)4)25-23-21-19-16-14-12-10-8-2/h28-29H,7-27H2,1-6H3. The Labute approximate surface area is 198 Å². The first-order valence-corrected chi connectivity index (χ1v) is 14.6. The van der Waals surface area contributed by atoms with Gasteiger partial charge in [-0.15, -0.1) is 0 Å². The van der Waals surface area contributed by atoms with Gasteiger partial charge in [0.15, 0.2) is 0 Å². The number of hydrogen-bond acceptors (Lipinski definition) is 1. The summed E-state index contributed by atoms with van der Waals surface area (Å²) in [6.45, 7) is 14.7. The molecular formula is C30H62O. The average Bonchev–Trinajstić information content (AvgIpc) is 2.74. The topological polar surface area (TPSA) is 9.23 Å². The monoisotopic (exact) mass is 438 g/mol. The lowest BCUT2D eigenvalue weighted by Gasteiger charge is -2.32. The lowest BCUT2D eigenvalue weighted by Crippen LogP contribution is -2.33. The van der Waals surface area contributed by atoms with Crippen LogP contribution in [0.3, 0.4) is 0 Å². The molecule has 0 heterocycles. The van der Waals surface area contributed by atoms with E-state index in [1.54, 1.807) is 0 Å². The quantitative estimate of drug-likeness (QED) is 0.136. The second-order valence-corrected chi connectivity index (χ2v) is 11.2. The van der Waals surface area contributed by atoms with Gasteiger partial charge in [0.1, 0.15) is 0 Å². The highest BCUT2D eigenvalue weighted by Gasteiger charge is 2.24. The SMILES string of the molecule is CCCCCCCCCCCCC(CCCCCCCCCC)COC(C)(C)C(C)C. The average molecular weight is 439 g/mol. The zero-order valence-corrected chi connectivity index (χ0v) is 22.9. The van der Waals surface area contributed by atoms with Gasteiger partial charge in [0.2, 0.25) is 0 Å². The van der Waals surface area contributed by atoms with Gasteiger partial charge in [-0.3, -0.25) is 0 Å². The Bertz CT molecular complexity index is 346. The maximum absolute atomic E-state index is 6.42. The highest BCUT2D eigenvalue weighted by molar-refractivity contribution is 4.73. The molecule has 0 aromatic carbocycles. The van der Waals surface area contributed by atoms with Gasteiger partial charge in [0.05, 0.1) is 12.2 Å². The summed E-state index contributed by atoms with van der Waals surface area (Å²) in [4.78, 5) is 0. The van der Waals surface area contributed by atoms with Gasteiger partial charge in [-0.2, -0.15) is 0 Å². The van der Waals surface area contributed by atoms with E-state index < -0.39 is 0 Å². The Morgan fingerprint density at radius 1 is 0.516 bits per heavy atom. The van der Waals surface area contributed by atoms with Gasteiger partial charge in [0, 0.05) is 0 Å². The lowest BCUT2D eigenvalue weighted by molar-refractivity contribution is -0.0673. The molecular weight excluding hydrogens is 376 g/mol. The molecule has 0 aromatic heterocycles. The molecule has 31 heavy (non-hydrogen) atoms. The summed E-state index contributed by atoms with van der Waals surface area (Å²) < 4.78 is 6.42.